The van der Waals surface area contributed by atoms with Crippen molar-refractivity contribution in [3.8, 4) is 0 Å². The number of nitrogens with zero attached hydrogens (tertiary/aromatic N) is 2. The lowest BCUT2D eigenvalue weighted by molar-refractivity contribution is 0.0735. The number of rotatable bonds is 1. The molecule has 1 amide bonds. The fourth-order valence-electron chi connectivity index (χ4n) is 2.50. The van der Waals surface area contributed by atoms with Crippen molar-refractivity contribution in [2.75, 3.05) is 26.2 Å². The van der Waals surface area contributed by atoms with E-state index < -0.39 is 0 Å². The highest BCUT2D eigenvalue weighted by Crippen LogP contribution is 2.29. The van der Waals surface area contributed by atoms with E-state index in [0.29, 0.717) is 29.5 Å². The van der Waals surface area contributed by atoms with E-state index in [9.17, 15) is 4.79 Å². The average Bonchev–Trinajstić information content (AvgIpc) is 2.93. The molecule has 2 aliphatic rings. The number of nitrogens with one attached hydrogen (secondary N) is 2. The summed E-state index contributed by atoms with van der Waals surface area (Å²) in [6.45, 7) is 3.09. The Morgan fingerprint density at radius 2 is 2.15 bits per heavy atom. The lowest BCUT2D eigenvalue weighted by atomic mass is 9.96. The quantitative estimate of drug-likeness (QED) is 0.695. The van der Waals surface area contributed by atoms with Gasteiger partial charge in [-0.05, 0) is 24.6 Å². The highest BCUT2D eigenvalue weighted by molar-refractivity contribution is 7.14. The molecular formula is C13H17N5OS. The second-order valence-electron chi connectivity index (χ2n) is 4.90. The van der Waals surface area contributed by atoms with Crippen LogP contribution in [0.15, 0.2) is 11.8 Å². The molecule has 0 spiro atoms. The molecule has 0 saturated carbocycles. The van der Waals surface area contributed by atoms with Crippen LogP contribution in [-0.2, 0) is 6.42 Å². The molecule has 0 atom stereocenters. The van der Waals surface area contributed by atoms with Crippen molar-refractivity contribution in [1.29, 1.82) is 5.41 Å². The van der Waals surface area contributed by atoms with Crippen LogP contribution in [0.1, 0.15) is 26.8 Å². The van der Waals surface area contributed by atoms with Crippen LogP contribution >= 0.6 is 11.3 Å². The number of piperazine rings is 1. The van der Waals surface area contributed by atoms with Gasteiger partial charge in [0.05, 0.1) is 5.71 Å². The van der Waals surface area contributed by atoms with E-state index >= 15 is 0 Å². The lowest BCUT2D eigenvalue weighted by Gasteiger charge is -2.26. The third kappa shape index (κ3) is 2.23. The van der Waals surface area contributed by atoms with Gasteiger partial charge in [-0.3, -0.25) is 10.2 Å². The molecule has 1 aromatic heterocycles. The molecule has 1 fully saturated rings. The van der Waals surface area contributed by atoms with Crippen LogP contribution in [0.5, 0.6) is 0 Å². The monoisotopic (exact) mass is 291 g/mol. The van der Waals surface area contributed by atoms with Crippen molar-refractivity contribution in [3.05, 3.63) is 27.4 Å². The van der Waals surface area contributed by atoms with Crippen molar-refractivity contribution >= 4 is 23.0 Å². The molecule has 6 nitrogen and oxygen atoms in total. The van der Waals surface area contributed by atoms with Crippen LogP contribution < -0.4 is 11.1 Å². The molecular weight excluding hydrogens is 274 g/mol. The molecule has 0 unspecified atom stereocenters. The van der Waals surface area contributed by atoms with Gasteiger partial charge in [0.1, 0.15) is 5.69 Å². The molecule has 7 heteroatoms. The first-order valence-electron chi connectivity index (χ1n) is 6.70. The van der Waals surface area contributed by atoms with Gasteiger partial charge < -0.3 is 16.0 Å². The molecule has 106 valence electrons. The van der Waals surface area contributed by atoms with Crippen molar-refractivity contribution < 1.29 is 4.79 Å². The molecule has 3 rings (SSSR count). The topological polar surface area (TPSA) is 95.1 Å². The zero-order valence-corrected chi connectivity index (χ0v) is 11.9. The van der Waals surface area contributed by atoms with Crippen LogP contribution in [0.4, 0.5) is 0 Å². The van der Waals surface area contributed by atoms with E-state index in [1.165, 1.54) is 17.5 Å². The second-order valence-corrected chi connectivity index (χ2v) is 5.98. The van der Waals surface area contributed by atoms with Crippen molar-refractivity contribution in [2.24, 2.45) is 5.73 Å². The summed E-state index contributed by atoms with van der Waals surface area (Å²) in [5, 5.41) is 11.8. The fourth-order valence-corrected chi connectivity index (χ4v) is 3.54. The number of amides is 1. The highest BCUT2D eigenvalue weighted by Gasteiger charge is 2.27. The number of aromatic nitrogens is 1. The van der Waals surface area contributed by atoms with Crippen molar-refractivity contribution in [3.63, 3.8) is 0 Å². The maximum atomic E-state index is 12.4. The maximum absolute atomic E-state index is 12.4. The van der Waals surface area contributed by atoms with Crippen molar-refractivity contribution in [1.82, 2.24) is 15.2 Å². The normalized spacial score (nSPS) is 21.1. The van der Waals surface area contributed by atoms with Gasteiger partial charge in [0.25, 0.3) is 5.91 Å². The number of nitrogens with two attached hydrogens (primary N) is 1. The van der Waals surface area contributed by atoms with Gasteiger partial charge in [0.2, 0.25) is 0 Å². The molecule has 1 aromatic rings. The minimum absolute atomic E-state index is 0.0167. The van der Waals surface area contributed by atoms with Gasteiger partial charge in [0, 0.05) is 31.1 Å². The smallest absolute Gasteiger partial charge is 0.282 e. The zero-order chi connectivity index (χ0) is 14.1. The molecule has 0 aromatic carbocycles. The molecule has 4 N–H and O–H groups in total. The Morgan fingerprint density at radius 1 is 1.40 bits per heavy atom. The number of hydrogen-bond acceptors (Lipinski definition) is 6. The van der Waals surface area contributed by atoms with Crippen LogP contribution in [-0.4, -0.2) is 47.7 Å². The second kappa shape index (κ2) is 5.34. The van der Waals surface area contributed by atoms with Crippen LogP contribution in [0, 0.1) is 5.41 Å². The minimum atomic E-state index is -0.0167. The first-order chi connectivity index (χ1) is 9.70. The summed E-state index contributed by atoms with van der Waals surface area (Å²) in [6.07, 6.45) is 3.04. The predicted octanol–water partition coefficient (Wildman–Crippen LogP) is 0.345. The van der Waals surface area contributed by atoms with Crippen LogP contribution in [0.3, 0.4) is 0 Å². The number of carbonyl (C=O) groups is 1. The third-order valence-electron chi connectivity index (χ3n) is 3.67. The standard InChI is InChI=1S/C13H17N5OS/c14-7-8-1-2-9-11(10(8)15)17-12(20-9)13(19)18-5-3-16-4-6-18/h7,15-16H,1-6,14H2. The Bertz CT molecular complexity index is 586. The van der Waals surface area contributed by atoms with Gasteiger partial charge in [-0.25, -0.2) is 4.98 Å². The van der Waals surface area contributed by atoms with E-state index in [2.05, 4.69) is 10.3 Å². The summed E-state index contributed by atoms with van der Waals surface area (Å²) in [5.41, 5.74) is 7.33. The molecule has 1 saturated heterocycles. The molecule has 2 heterocycles. The Labute approximate surface area is 121 Å². The van der Waals surface area contributed by atoms with Gasteiger partial charge in [-0.1, -0.05) is 0 Å². The van der Waals surface area contributed by atoms with E-state index in [1.807, 2.05) is 4.90 Å². The largest absolute Gasteiger partial charge is 0.404 e. The summed E-state index contributed by atoms with van der Waals surface area (Å²) < 4.78 is 0. The predicted molar refractivity (Wildman–Crippen MR) is 78.3 cm³/mol. The Kier molecular flexibility index (Phi) is 3.54. The number of fused-ring (bicyclic) bond motifs is 1. The highest BCUT2D eigenvalue weighted by atomic mass is 32.1. The molecule has 0 radical (unpaired) electrons. The fraction of sp³-hybridized carbons (Fsp3) is 0.462. The average molecular weight is 291 g/mol. The third-order valence-corrected chi connectivity index (χ3v) is 4.77. The Morgan fingerprint density at radius 3 is 2.85 bits per heavy atom. The number of thiazole rings is 1. The molecule has 1 aliphatic carbocycles. The van der Waals surface area contributed by atoms with Crippen LogP contribution in [0.2, 0.25) is 0 Å². The number of carbonyl (C=O) groups excluding carboxylic acids is 1. The van der Waals surface area contributed by atoms with Gasteiger partial charge in [0.15, 0.2) is 5.01 Å². The summed E-state index contributed by atoms with van der Waals surface area (Å²) in [4.78, 5) is 19.7. The summed E-state index contributed by atoms with van der Waals surface area (Å²) in [6, 6.07) is 0. The summed E-state index contributed by atoms with van der Waals surface area (Å²) in [5.74, 6) is -0.0167. The van der Waals surface area contributed by atoms with Crippen molar-refractivity contribution in [2.45, 2.75) is 12.8 Å². The molecule has 20 heavy (non-hydrogen) atoms. The van der Waals surface area contributed by atoms with Gasteiger partial charge >= 0.3 is 0 Å². The Balaban J connectivity index is 1.86. The van der Waals surface area contributed by atoms with E-state index in [-0.39, 0.29) is 5.91 Å². The van der Waals surface area contributed by atoms with Crippen LogP contribution in [0.25, 0.3) is 0 Å². The van der Waals surface area contributed by atoms with Gasteiger partial charge in [-0.15, -0.1) is 11.3 Å². The first-order valence-corrected chi connectivity index (χ1v) is 7.52. The minimum Gasteiger partial charge on any atom is -0.404 e. The van der Waals surface area contributed by atoms with E-state index in [0.717, 1.165) is 36.4 Å². The lowest BCUT2D eigenvalue weighted by Crippen LogP contribution is -2.46. The SMILES string of the molecule is N=C1C(=CN)CCc2sc(C(=O)N3CCNCC3)nc21. The number of hydrogen-bond donors (Lipinski definition) is 3. The summed E-state index contributed by atoms with van der Waals surface area (Å²) >= 11 is 1.42. The number of allylic oxidation sites excluding steroid dienone is 1. The molecule has 0 bridgehead atoms. The maximum Gasteiger partial charge on any atom is 0.282 e. The van der Waals surface area contributed by atoms with E-state index in [1.54, 1.807) is 0 Å². The number of aryl methyl sites for hydroxylation is 1. The zero-order valence-electron chi connectivity index (χ0n) is 11.1. The van der Waals surface area contributed by atoms with E-state index in [4.69, 9.17) is 11.1 Å². The Hall–Kier alpha value is -1.73. The summed E-state index contributed by atoms with van der Waals surface area (Å²) in [7, 11) is 0. The molecule has 1 aliphatic heterocycles. The first kappa shape index (κ1) is 13.3. The van der Waals surface area contributed by atoms with Gasteiger partial charge in [-0.2, -0.15) is 0 Å².